The standard InChI is InChI=1S/C9H15BrN2/c1-7(8(2)10)6-9-11-4-5-12(9)3/h4-5,7-8H,6H2,1-3H3. The first-order chi connectivity index (χ1) is 5.61. The number of nitrogens with zero attached hydrogens (tertiary/aromatic N) is 2. The maximum Gasteiger partial charge on any atom is 0.108 e. The van der Waals surface area contributed by atoms with Crippen LogP contribution in [0.2, 0.25) is 0 Å². The lowest BCUT2D eigenvalue weighted by Crippen LogP contribution is -2.12. The van der Waals surface area contributed by atoms with E-state index in [4.69, 9.17) is 0 Å². The van der Waals surface area contributed by atoms with E-state index in [2.05, 4.69) is 39.3 Å². The number of imidazole rings is 1. The van der Waals surface area contributed by atoms with Gasteiger partial charge in [-0.2, -0.15) is 0 Å². The Bertz CT molecular complexity index is 242. The average molecular weight is 231 g/mol. The number of halogens is 1. The van der Waals surface area contributed by atoms with E-state index in [0.29, 0.717) is 10.7 Å². The SMILES string of the molecule is CC(Br)C(C)Cc1nccn1C. The highest BCUT2D eigenvalue weighted by Gasteiger charge is 2.11. The molecule has 0 aliphatic carbocycles. The summed E-state index contributed by atoms with van der Waals surface area (Å²) in [7, 11) is 2.04. The molecular weight excluding hydrogens is 216 g/mol. The van der Waals surface area contributed by atoms with Crippen LogP contribution in [0.25, 0.3) is 0 Å². The largest absolute Gasteiger partial charge is 0.338 e. The van der Waals surface area contributed by atoms with Gasteiger partial charge < -0.3 is 4.57 Å². The molecule has 1 aromatic heterocycles. The molecule has 0 saturated carbocycles. The molecular formula is C9H15BrN2. The zero-order valence-electron chi connectivity index (χ0n) is 7.79. The molecule has 0 aliphatic rings. The molecule has 2 atom stereocenters. The summed E-state index contributed by atoms with van der Waals surface area (Å²) in [5.41, 5.74) is 0. The summed E-state index contributed by atoms with van der Waals surface area (Å²) in [5.74, 6) is 1.79. The minimum Gasteiger partial charge on any atom is -0.338 e. The number of alkyl halides is 1. The maximum absolute atomic E-state index is 4.28. The van der Waals surface area contributed by atoms with Gasteiger partial charge in [-0.1, -0.05) is 29.8 Å². The number of hydrogen-bond donors (Lipinski definition) is 0. The van der Waals surface area contributed by atoms with Crippen molar-refractivity contribution < 1.29 is 0 Å². The fourth-order valence-electron chi connectivity index (χ4n) is 1.04. The van der Waals surface area contributed by atoms with Gasteiger partial charge in [-0.3, -0.25) is 0 Å². The molecule has 0 bridgehead atoms. The Kier molecular flexibility index (Phi) is 3.32. The molecule has 68 valence electrons. The van der Waals surface area contributed by atoms with Crippen LogP contribution in [-0.4, -0.2) is 14.4 Å². The first-order valence-corrected chi connectivity index (χ1v) is 5.13. The fraction of sp³-hybridized carbons (Fsp3) is 0.667. The highest BCUT2D eigenvalue weighted by Crippen LogP contribution is 2.15. The van der Waals surface area contributed by atoms with Crippen molar-refractivity contribution in [1.82, 2.24) is 9.55 Å². The van der Waals surface area contributed by atoms with Crippen LogP contribution in [-0.2, 0) is 13.5 Å². The van der Waals surface area contributed by atoms with Crippen molar-refractivity contribution >= 4 is 15.9 Å². The third-order valence-corrected chi connectivity index (χ3v) is 3.11. The summed E-state index contributed by atoms with van der Waals surface area (Å²) < 4.78 is 2.08. The van der Waals surface area contributed by atoms with Crippen LogP contribution in [0.4, 0.5) is 0 Å². The van der Waals surface area contributed by atoms with E-state index in [9.17, 15) is 0 Å². The van der Waals surface area contributed by atoms with Crippen LogP contribution in [0.15, 0.2) is 12.4 Å². The molecule has 1 heterocycles. The van der Waals surface area contributed by atoms with E-state index in [1.165, 1.54) is 0 Å². The third-order valence-electron chi connectivity index (χ3n) is 2.21. The van der Waals surface area contributed by atoms with Gasteiger partial charge in [0.15, 0.2) is 0 Å². The molecule has 0 saturated heterocycles. The molecule has 0 aliphatic heterocycles. The summed E-state index contributed by atoms with van der Waals surface area (Å²) in [6, 6.07) is 0. The van der Waals surface area contributed by atoms with E-state index in [-0.39, 0.29) is 0 Å². The van der Waals surface area contributed by atoms with Crippen molar-refractivity contribution in [3.63, 3.8) is 0 Å². The summed E-state index contributed by atoms with van der Waals surface area (Å²) in [6.45, 7) is 4.40. The predicted octanol–water partition coefficient (Wildman–Crippen LogP) is 2.38. The number of aromatic nitrogens is 2. The molecule has 1 aromatic rings. The predicted molar refractivity (Wildman–Crippen MR) is 54.5 cm³/mol. The normalized spacial score (nSPS) is 16.0. The van der Waals surface area contributed by atoms with Crippen LogP contribution in [0.3, 0.4) is 0 Å². The molecule has 2 unspecified atom stereocenters. The van der Waals surface area contributed by atoms with Crippen LogP contribution < -0.4 is 0 Å². The monoisotopic (exact) mass is 230 g/mol. The molecule has 0 amide bonds. The van der Waals surface area contributed by atoms with Gasteiger partial charge in [-0.05, 0) is 5.92 Å². The second-order valence-corrected chi connectivity index (χ2v) is 4.76. The Labute approximate surface area is 82.1 Å². The molecule has 2 nitrogen and oxygen atoms in total. The highest BCUT2D eigenvalue weighted by molar-refractivity contribution is 9.09. The maximum atomic E-state index is 4.28. The van der Waals surface area contributed by atoms with Crippen molar-refractivity contribution in [3.05, 3.63) is 18.2 Å². The van der Waals surface area contributed by atoms with E-state index in [0.717, 1.165) is 12.2 Å². The van der Waals surface area contributed by atoms with Crippen LogP contribution >= 0.6 is 15.9 Å². The molecule has 0 spiro atoms. The van der Waals surface area contributed by atoms with E-state index in [1.54, 1.807) is 0 Å². The van der Waals surface area contributed by atoms with Crippen LogP contribution in [0, 0.1) is 5.92 Å². The van der Waals surface area contributed by atoms with Crippen LogP contribution in [0.1, 0.15) is 19.7 Å². The molecule has 12 heavy (non-hydrogen) atoms. The second kappa shape index (κ2) is 4.08. The van der Waals surface area contributed by atoms with Crippen LogP contribution in [0.5, 0.6) is 0 Å². The molecule has 1 rings (SSSR count). The summed E-state index contributed by atoms with van der Waals surface area (Å²) in [5, 5.41) is 0. The Morgan fingerprint density at radius 3 is 2.67 bits per heavy atom. The van der Waals surface area contributed by atoms with E-state index in [1.807, 2.05) is 19.4 Å². The average Bonchev–Trinajstić information content (AvgIpc) is 2.36. The van der Waals surface area contributed by atoms with Gasteiger partial charge in [0, 0.05) is 30.7 Å². The molecule has 0 radical (unpaired) electrons. The third kappa shape index (κ3) is 2.34. The zero-order valence-corrected chi connectivity index (χ0v) is 9.37. The van der Waals surface area contributed by atoms with Crippen molar-refractivity contribution in [3.8, 4) is 0 Å². The van der Waals surface area contributed by atoms with Gasteiger partial charge in [-0.15, -0.1) is 0 Å². The molecule has 0 fully saturated rings. The Hall–Kier alpha value is -0.310. The van der Waals surface area contributed by atoms with Gasteiger partial charge in [0.2, 0.25) is 0 Å². The molecule has 0 aromatic carbocycles. The van der Waals surface area contributed by atoms with Crippen molar-refractivity contribution in [2.75, 3.05) is 0 Å². The second-order valence-electron chi connectivity index (χ2n) is 3.31. The lowest BCUT2D eigenvalue weighted by atomic mass is 10.1. The van der Waals surface area contributed by atoms with Gasteiger partial charge in [-0.25, -0.2) is 4.98 Å². The van der Waals surface area contributed by atoms with Gasteiger partial charge in [0.25, 0.3) is 0 Å². The molecule has 3 heteroatoms. The summed E-state index contributed by atoms with van der Waals surface area (Å²) in [6.07, 6.45) is 4.87. The van der Waals surface area contributed by atoms with Crippen molar-refractivity contribution in [2.24, 2.45) is 13.0 Å². The number of hydrogen-bond acceptors (Lipinski definition) is 1. The number of rotatable bonds is 3. The minimum atomic E-state index is 0.550. The quantitative estimate of drug-likeness (QED) is 0.730. The van der Waals surface area contributed by atoms with E-state index >= 15 is 0 Å². The minimum absolute atomic E-state index is 0.550. The highest BCUT2D eigenvalue weighted by atomic mass is 79.9. The topological polar surface area (TPSA) is 17.8 Å². The lowest BCUT2D eigenvalue weighted by Gasteiger charge is -2.13. The Morgan fingerprint density at radius 1 is 1.58 bits per heavy atom. The molecule has 0 N–H and O–H groups in total. The number of aryl methyl sites for hydroxylation is 1. The Balaban J connectivity index is 2.58. The fourth-order valence-corrected chi connectivity index (χ4v) is 1.23. The van der Waals surface area contributed by atoms with E-state index < -0.39 is 0 Å². The van der Waals surface area contributed by atoms with Gasteiger partial charge in [0.1, 0.15) is 5.82 Å². The first-order valence-electron chi connectivity index (χ1n) is 4.21. The summed E-state index contributed by atoms with van der Waals surface area (Å²) >= 11 is 3.57. The van der Waals surface area contributed by atoms with Gasteiger partial charge >= 0.3 is 0 Å². The van der Waals surface area contributed by atoms with Gasteiger partial charge in [0.05, 0.1) is 0 Å². The Morgan fingerprint density at radius 2 is 2.25 bits per heavy atom. The first kappa shape index (κ1) is 9.78. The van der Waals surface area contributed by atoms with Crippen molar-refractivity contribution in [1.29, 1.82) is 0 Å². The summed E-state index contributed by atoms with van der Waals surface area (Å²) in [4.78, 5) is 4.83. The zero-order chi connectivity index (χ0) is 9.14. The van der Waals surface area contributed by atoms with Crippen molar-refractivity contribution in [2.45, 2.75) is 25.1 Å². The smallest absolute Gasteiger partial charge is 0.108 e. The lowest BCUT2D eigenvalue weighted by molar-refractivity contribution is 0.551.